The lowest BCUT2D eigenvalue weighted by Gasteiger charge is -2.22. The first-order valence-electron chi connectivity index (χ1n) is 8.05. The molecule has 2 aromatic heterocycles. The van der Waals surface area contributed by atoms with Gasteiger partial charge in [-0.3, -0.25) is 9.89 Å². The number of fused-ring (bicyclic) bond motifs is 2. The molecule has 4 rings (SSSR count). The average molecular weight is 325 g/mol. The minimum absolute atomic E-state index is 0.102. The molecule has 6 heteroatoms. The Morgan fingerprint density at radius 2 is 2.33 bits per heavy atom. The molecule has 2 heterocycles. The van der Waals surface area contributed by atoms with E-state index in [4.69, 9.17) is 9.15 Å². The lowest BCUT2D eigenvalue weighted by molar-refractivity contribution is 0.0907. The van der Waals surface area contributed by atoms with E-state index in [-0.39, 0.29) is 11.9 Å². The van der Waals surface area contributed by atoms with Gasteiger partial charge in [0.15, 0.2) is 5.76 Å². The molecule has 0 bridgehead atoms. The molecule has 0 saturated carbocycles. The van der Waals surface area contributed by atoms with Gasteiger partial charge in [0.05, 0.1) is 13.3 Å². The van der Waals surface area contributed by atoms with Gasteiger partial charge in [-0.25, -0.2) is 0 Å². The van der Waals surface area contributed by atoms with E-state index in [2.05, 4.69) is 15.5 Å². The zero-order chi connectivity index (χ0) is 16.7. The highest BCUT2D eigenvalue weighted by molar-refractivity contribution is 5.99. The van der Waals surface area contributed by atoms with E-state index in [0.29, 0.717) is 17.1 Å². The lowest BCUT2D eigenvalue weighted by Crippen LogP contribution is -2.38. The molecule has 0 radical (unpaired) electrons. The number of amides is 1. The summed E-state index contributed by atoms with van der Waals surface area (Å²) >= 11 is 0. The number of hydrogen-bond acceptors (Lipinski definition) is 4. The van der Waals surface area contributed by atoms with Gasteiger partial charge < -0.3 is 14.5 Å². The Balaban J connectivity index is 1.56. The Morgan fingerprint density at radius 1 is 1.46 bits per heavy atom. The Labute approximate surface area is 139 Å². The fourth-order valence-corrected chi connectivity index (χ4v) is 3.34. The van der Waals surface area contributed by atoms with Crippen molar-refractivity contribution in [2.75, 3.05) is 7.11 Å². The number of aromatic amines is 1. The monoisotopic (exact) mass is 325 g/mol. The van der Waals surface area contributed by atoms with Crippen molar-refractivity contribution in [3.05, 3.63) is 47.0 Å². The second-order valence-corrected chi connectivity index (χ2v) is 6.21. The van der Waals surface area contributed by atoms with E-state index in [1.165, 1.54) is 11.3 Å². The Bertz CT molecular complexity index is 910. The molecular formula is C18H19N3O3. The summed E-state index contributed by atoms with van der Waals surface area (Å²) in [4.78, 5) is 12.6. The van der Waals surface area contributed by atoms with E-state index in [1.807, 2.05) is 25.3 Å². The molecule has 0 unspecified atom stereocenters. The molecule has 0 saturated heterocycles. The molecule has 0 aliphatic heterocycles. The topological polar surface area (TPSA) is 80.1 Å². The molecule has 1 amide bonds. The van der Waals surface area contributed by atoms with Crippen molar-refractivity contribution in [3.8, 4) is 5.75 Å². The zero-order valence-corrected chi connectivity index (χ0v) is 13.7. The molecule has 1 aliphatic carbocycles. The predicted octanol–water partition coefficient (Wildman–Crippen LogP) is 2.76. The number of rotatable bonds is 3. The maximum Gasteiger partial charge on any atom is 0.287 e. The van der Waals surface area contributed by atoms with Crippen molar-refractivity contribution in [1.82, 2.24) is 15.5 Å². The number of nitrogens with one attached hydrogen (secondary N) is 2. The lowest BCUT2D eigenvalue weighted by atomic mass is 9.93. The van der Waals surface area contributed by atoms with Crippen LogP contribution in [0.1, 0.15) is 33.8 Å². The molecule has 6 nitrogen and oxygen atoms in total. The number of aromatic nitrogens is 2. The molecule has 0 fully saturated rings. The first kappa shape index (κ1) is 14.8. The summed E-state index contributed by atoms with van der Waals surface area (Å²) in [6.45, 7) is 1.91. The van der Waals surface area contributed by atoms with Crippen molar-refractivity contribution < 1.29 is 13.9 Å². The fourth-order valence-electron chi connectivity index (χ4n) is 3.34. The van der Waals surface area contributed by atoms with E-state index < -0.39 is 0 Å². The van der Waals surface area contributed by atoms with Gasteiger partial charge in [0, 0.05) is 28.8 Å². The molecule has 0 spiro atoms. The number of furan rings is 1. The molecular weight excluding hydrogens is 306 g/mol. The van der Waals surface area contributed by atoms with Crippen LogP contribution >= 0.6 is 0 Å². The normalized spacial score (nSPS) is 16.8. The standard InChI is InChI=1S/C18H19N3O3/c1-10-14-5-4-13(23-2)8-16(14)24-17(10)18(22)20-12-3-6-15-11(7-12)9-19-21-15/h4-5,8-9,12H,3,6-7H2,1-2H3,(H,19,21)(H,20,22)/t12-/m0/s1. The number of methoxy groups -OCH3 is 1. The van der Waals surface area contributed by atoms with Crippen molar-refractivity contribution in [1.29, 1.82) is 0 Å². The molecule has 3 aromatic rings. The third-order valence-corrected chi connectivity index (χ3v) is 4.70. The second-order valence-electron chi connectivity index (χ2n) is 6.21. The number of H-pyrrole nitrogens is 1. The molecule has 1 atom stereocenters. The molecule has 124 valence electrons. The number of ether oxygens (including phenoxy) is 1. The molecule has 24 heavy (non-hydrogen) atoms. The Kier molecular flexibility index (Phi) is 3.52. The summed E-state index contributed by atoms with van der Waals surface area (Å²) in [5.74, 6) is 0.916. The number of nitrogens with zero attached hydrogens (tertiary/aromatic N) is 1. The number of hydrogen-bond donors (Lipinski definition) is 2. The van der Waals surface area contributed by atoms with Crippen LogP contribution in [-0.2, 0) is 12.8 Å². The van der Waals surface area contributed by atoms with Crippen LogP contribution in [-0.4, -0.2) is 29.3 Å². The highest BCUT2D eigenvalue weighted by Gasteiger charge is 2.24. The second kappa shape index (κ2) is 5.70. The van der Waals surface area contributed by atoms with Gasteiger partial charge >= 0.3 is 0 Å². The van der Waals surface area contributed by atoms with Gasteiger partial charge in [-0.2, -0.15) is 5.10 Å². The van der Waals surface area contributed by atoms with Crippen molar-refractivity contribution >= 4 is 16.9 Å². The van der Waals surface area contributed by atoms with Crippen molar-refractivity contribution in [2.45, 2.75) is 32.2 Å². The van der Waals surface area contributed by atoms with Crippen LogP contribution in [0.15, 0.2) is 28.8 Å². The minimum Gasteiger partial charge on any atom is -0.497 e. The van der Waals surface area contributed by atoms with Crippen LogP contribution in [0.2, 0.25) is 0 Å². The van der Waals surface area contributed by atoms with Gasteiger partial charge in [-0.15, -0.1) is 0 Å². The molecule has 2 N–H and O–H groups in total. The van der Waals surface area contributed by atoms with E-state index in [1.54, 1.807) is 13.2 Å². The van der Waals surface area contributed by atoms with Crippen LogP contribution < -0.4 is 10.1 Å². The van der Waals surface area contributed by atoms with Crippen molar-refractivity contribution in [2.24, 2.45) is 0 Å². The largest absolute Gasteiger partial charge is 0.497 e. The first-order chi connectivity index (χ1) is 11.7. The fraction of sp³-hybridized carbons (Fsp3) is 0.333. The van der Waals surface area contributed by atoms with Crippen molar-refractivity contribution in [3.63, 3.8) is 0 Å². The highest BCUT2D eigenvalue weighted by Crippen LogP contribution is 2.29. The summed E-state index contributed by atoms with van der Waals surface area (Å²) in [6, 6.07) is 5.69. The number of carbonyl (C=O) groups excluding carboxylic acids is 1. The average Bonchev–Trinajstić information content (AvgIpc) is 3.18. The van der Waals surface area contributed by atoms with Gasteiger partial charge in [0.1, 0.15) is 11.3 Å². The summed E-state index contributed by atoms with van der Waals surface area (Å²) in [5.41, 5.74) is 3.87. The summed E-state index contributed by atoms with van der Waals surface area (Å²) < 4.78 is 11.0. The SMILES string of the molecule is COc1ccc2c(C)c(C(=O)N[C@H]3CCc4[nH]ncc4C3)oc2c1. The smallest absolute Gasteiger partial charge is 0.287 e. The maximum atomic E-state index is 12.6. The zero-order valence-electron chi connectivity index (χ0n) is 13.7. The minimum atomic E-state index is -0.167. The molecule has 1 aliphatic rings. The maximum absolute atomic E-state index is 12.6. The van der Waals surface area contributed by atoms with Gasteiger partial charge in [0.25, 0.3) is 5.91 Å². The third kappa shape index (κ3) is 2.44. The van der Waals surface area contributed by atoms with Crippen LogP contribution in [0.5, 0.6) is 5.75 Å². The number of aryl methyl sites for hydroxylation is 2. The number of carbonyl (C=O) groups is 1. The summed E-state index contributed by atoms with van der Waals surface area (Å²) in [6.07, 6.45) is 4.43. The van der Waals surface area contributed by atoms with Crippen LogP contribution in [0.4, 0.5) is 0 Å². The van der Waals surface area contributed by atoms with E-state index in [9.17, 15) is 4.79 Å². The van der Waals surface area contributed by atoms with E-state index in [0.717, 1.165) is 30.2 Å². The van der Waals surface area contributed by atoms with Crippen LogP contribution in [0.25, 0.3) is 11.0 Å². The Morgan fingerprint density at radius 3 is 3.17 bits per heavy atom. The molecule has 1 aromatic carbocycles. The Hall–Kier alpha value is -2.76. The van der Waals surface area contributed by atoms with Crippen LogP contribution in [0, 0.1) is 6.92 Å². The predicted molar refractivity (Wildman–Crippen MR) is 89.4 cm³/mol. The van der Waals surface area contributed by atoms with Gasteiger partial charge in [-0.05, 0) is 43.9 Å². The van der Waals surface area contributed by atoms with E-state index >= 15 is 0 Å². The number of benzene rings is 1. The van der Waals surface area contributed by atoms with Gasteiger partial charge in [0.2, 0.25) is 0 Å². The third-order valence-electron chi connectivity index (χ3n) is 4.70. The summed E-state index contributed by atoms with van der Waals surface area (Å²) in [5, 5.41) is 11.1. The first-order valence-corrected chi connectivity index (χ1v) is 8.05. The van der Waals surface area contributed by atoms with Crippen LogP contribution in [0.3, 0.4) is 0 Å². The summed E-state index contributed by atoms with van der Waals surface area (Å²) in [7, 11) is 1.61. The quantitative estimate of drug-likeness (QED) is 0.776. The van der Waals surface area contributed by atoms with Gasteiger partial charge in [-0.1, -0.05) is 0 Å². The highest BCUT2D eigenvalue weighted by atomic mass is 16.5.